The van der Waals surface area contributed by atoms with Gasteiger partial charge in [0.1, 0.15) is 5.82 Å². The molecule has 0 aliphatic heterocycles. The predicted octanol–water partition coefficient (Wildman–Crippen LogP) is 1.73. The van der Waals surface area contributed by atoms with Gasteiger partial charge in [-0.25, -0.2) is 4.39 Å². The van der Waals surface area contributed by atoms with Crippen LogP contribution in [0.15, 0.2) is 42.5 Å². The Hall–Kier alpha value is -2.67. The Morgan fingerprint density at radius 2 is 2.00 bits per heavy atom. The molecule has 0 aliphatic carbocycles. The lowest BCUT2D eigenvalue weighted by Gasteiger charge is -2.08. The summed E-state index contributed by atoms with van der Waals surface area (Å²) in [4.78, 5) is 10.7. The Labute approximate surface area is 103 Å². The molecular formula is C14H7FNO2-. The molecule has 88 valence electrons. The molecule has 0 fully saturated rings. The van der Waals surface area contributed by atoms with Crippen molar-refractivity contribution in [3.8, 4) is 17.2 Å². The summed E-state index contributed by atoms with van der Waals surface area (Å²) in [6, 6.07) is 11.7. The van der Waals surface area contributed by atoms with Crippen LogP contribution < -0.4 is 5.11 Å². The quantitative estimate of drug-likeness (QED) is 0.802. The summed E-state index contributed by atoms with van der Waals surface area (Å²) in [5, 5.41) is 19.5. The maximum absolute atomic E-state index is 13.7. The van der Waals surface area contributed by atoms with Crippen LogP contribution in [0.2, 0.25) is 0 Å². The molecule has 2 aromatic carbocycles. The van der Waals surface area contributed by atoms with Gasteiger partial charge in [-0.1, -0.05) is 18.2 Å². The van der Waals surface area contributed by atoms with Gasteiger partial charge < -0.3 is 9.90 Å². The Balaban J connectivity index is 2.59. The summed E-state index contributed by atoms with van der Waals surface area (Å²) in [5.74, 6) is -1.91. The summed E-state index contributed by atoms with van der Waals surface area (Å²) < 4.78 is 13.7. The van der Waals surface area contributed by atoms with E-state index in [0.29, 0.717) is 11.1 Å². The lowest BCUT2D eigenvalue weighted by molar-refractivity contribution is -0.255. The van der Waals surface area contributed by atoms with Gasteiger partial charge in [0.2, 0.25) is 0 Å². The largest absolute Gasteiger partial charge is 0.545 e. The third kappa shape index (κ3) is 2.20. The number of hydrogen-bond acceptors (Lipinski definition) is 3. The topological polar surface area (TPSA) is 63.9 Å². The zero-order valence-corrected chi connectivity index (χ0v) is 9.18. The highest BCUT2D eigenvalue weighted by Crippen LogP contribution is 2.24. The number of nitriles is 1. The monoisotopic (exact) mass is 240 g/mol. The second-order valence-electron chi connectivity index (χ2n) is 3.67. The molecule has 0 N–H and O–H groups in total. The van der Waals surface area contributed by atoms with Crippen LogP contribution in [0.4, 0.5) is 4.39 Å². The van der Waals surface area contributed by atoms with Crippen LogP contribution in [0.3, 0.4) is 0 Å². The highest BCUT2D eigenvalue weighted by molar-refractivity contribution is 5.88. The summed E-state index contributed by atoms with van der Waals surface area (Å²) in [7, 11) is 0. The average Bonchev–Trinajstić information content (AvgIpc) is 2.39. The van der Waals surface area contributed by atoms with Gasteiger partial charge in [0.25, 0.3) is 0 Å². The molecule has 0 amide bonds. The molecule has 0 saturated heterocycles. The van der Waals surface area contributed by atoms with Crippen molar-refractivity contribution in [3.05, 3.63) is 59.4 Å². The fourth-order valence-corrected chi connectivity index (χ4v) is 1.63. The Bertz CT molecular complexity index is 659. The van der Waals surface area contributed by atoms with Crippen LogP contribution in [0.1, 0.15) is 15.9 Å². The highest BCUT2D eigenvalue weighted by Gasteiger charge is 2.07. The minimum absolute atomic E-state index is 0.103. The number of nitrogens with zero attached hydrogens (tertiary/aromatic N) is 1. The number of carbonyl (C=O) groups is 1. The first-order chi connectivity index (χ1) is 8.61. The molecule has 0 atom stereocenters. The Morgan fingerprint density at radius 1 is 1.22 bits per heavy atom. The van der Waals surface area contributed by atoms with E-state index in [1.165, 1.54) is 12.1 Å². The van der Waals surface area contributed by atoms with Gasteiger partial charge in [-0.3, -0.25) is 0 Å². The van der Waals surface area contributed by atoms with Gasteiger partial charge in [0.15, 0.2) is 0 Å². The normalized spacial score (nSPS) is 9.78. The molecule has 0 unspecified atom stereocenters. The molecule has 0 bridgehead atoms. The van der Waals surface area contributed by atoms with Crippen molar-refractivity contribution in [1.29, 1.82) is 5.26 Å². The minimum atomic E-state index is -1.37. The Morgan fingerprint density at radius 3 is 2.67 bits per heavy atom. The molecule has 0 aliphatic rings. The van der Waals surface area contributed by atoms with E-state index in [4.69, 9.17) is 5.26 Å². The van der Waals surface area contributed by atoms with Crippen LogP contribution in [0.25, 0.3) is 11.1 Å². The van der Waals surface area contributed by atoms with Gasteiger partial charge in [0, 0.05) is 5.56 Å². The zero-order valence-electron chi connectivity index (χ0n) is 9.18. The third-order valence-corrected chi connectivity index (χ3v) is 2.50. The number of hydrogen-bond donors (Lipinski definition) is 0. The van der Waals surface area contributed by atoms with Gasteiger partial charge in [-0.05, 0) is 35.4 Å². The van der Waals surface area contributed by atoms with E-state index in [1.807, 2.05) is 6.07 Å². The van der Waals surface area contributed by atoms with E-state index in [-0.39, 0.29) is 11.1 Å². The van der Waals surface area contributed by atoms with Crippen molar-refractivity contribution >= 4 is 5.97 Å². The van der Waals surface area contributed by atoms with Crippen molar-refractivity contribution in [2.24, 2.45) is 0 Å². The van der Waals surface area contributed by atoms with E-state index in [2.05, 4.69) is 0 Å². The molecule has 4 heteroatoms. The van der Waals surface area contributed by atoms with E-state index in [0.717, 1.165) is 12.1 Å². The van der Waals surface area contributed by atoms with Crippen molar-refractivity contribution in [1.82, 2.24) is 0 Å². The second-order valence-corrected chi connectivity index (χ2v) is 3.67. The number of benzene rings is 2. The van der Waals surface area contributed by atoms with Crippen molar-refractivity contribution in [3.63, 3.8) is 0 Å². The van der Waals surface area contributed by atoms with Gasteiger partial charge in [0.05, 0.1) is 17.6 Å². The van der Waals surface area contributed by atoms with Crippen LogP contribution in [-0.2, 0) is 0 Å². The minimum Gasteiger partial charge on any atom is -0.545 e. The summed E-state index contributed by atoms with van der Waals surface area (Å²) in [5.41, 5.74) is 0.864. The summed E-state index contributed by atoms with van der Waals surface area (Å²) in [6.07, 6.45) is 0. The third-order valence-electron chi connectivity index (χ3n) is 2.50. The van der Waals surface area contributed by atoms with E-state index in [9.17, 15) is 14.3 Å². The molecule has 2 aromatic rings. The first-order valence-corrected chi connectivity index (χ1v) is 5.13. The predicted molar refractivity (Wildman–Crippen MR) is 60.9 cm³/mol. The fraction of sp³-hybridized carbons (Fsp3) is 0. The SMILES string of the molecule is N#Cc1cccc(-c2cc(C(=O)[O-])ccc2F)c1. The highest BCUT2D eigenvalue weighted by atomic mass is 19.1. The molecule has 18 heavy (non-hydrogen) atoms. The lowest BCUT2D eigenvalue weighted by atomic mass is 10.0. The number of carboxylic acids is 1. The molecular weight excluding hydrogens is 233 g/mol. The molecule has 0 aromatic heterocycles. The zero-order chi connectivity index (χ0) is 13.1. The van der Waals surface area contributed by atoms with Crippen LogP contribution >= 0.6 is 0 Å². The number of halogens is 1. The van der Waals surface area contributed by atoms with E-state index < -0.39 is 11.8 Å². The van der Waals surface area contributed by atoms with Crippen LogP contribution in [0.5, 0.6) is 0 Å². The van der Waals surface area contributed by atoms with Gasteiger partial charge >= 0.3 is 0 Å². The molecule has 3 nitrogen and oxygen atoms in total. The molecule has 0 spiro atoms. The van der Waals surface area contributed by atoms with Crippen molar-refractivity contribution in [2.45, 2.75) is 0 Å². The number of carboxylic acid groups (broad SMARTS) is 1. The van der Waals surface area contributed by atoms with Crippen LogP contribution in [-0.4, -0.2) is 5.97 Å². The second kappa shape index (κ2) is 4.68. The number of rotatable bonds is 2. The molecule has 0 heterocycles. The molecule has 2 rings (SSSR count). The summed E-state index contributed by atoms with van der Waals surface area (Å²) >= 11 is 0. The maximum Gasteiger partial charge on any atom is 0.131 e. The van der Waals surface area contributed by atoms with Crippen molar-refractivity contribution in [2.75, 3.05) is 0 Å². The maximum atomic E-state index is 13.7. The summed E-state index contributed by atoms with van der Waals surface area (Å²) in [6.45, 7) is 0. The Kier molecular flexibility index (Phi) is 3.07. The molecule has 0 saturated carbocycles. The van der Waals surface area contributed by atoms with Crippen molar-refractivity contribution < 1.29 is 14.3 Å². The van der Waals surface area contributed by atoms with Crippen LogP contribution in [0, 0.1) is 17.1 Å². The van der Waals surface area contributed by atoms with Gasteiger partial charge in [-0.2, -0.15) is 5.26 Å². The lowest BCUT2D eigenvalue weighted by Crippen LogP contribution is -2.22. The smallest absolute Gasteiger partial charge is 0.131 e. The first-order valence-electron chi connectivity index (χ1n) is 5.13. The standard InChI is InChI=1S/C14H8FNO2/c15-13-5-4-11(14(17)18)7-12(13)10-3-1-2-9(6-10)8-16/h1-7H,(H,17,18)/p-1. The average molecular weight is 240 g/mol. The molecule has 0 radical (unpaired) electrons. The van der Waals surface area contributed by atoms with E-state index in [1.54, 1.807) is 18.2 Å². The number of carbonyl (C=O) groups excluding carboxylic acids is 1. The van der Waals surface area contributed by atoms with Gasteiger partial charge in [-0.15, -0.1) is 0 Å². The fourth-order valence-electron chi connectivity index (χ4n) is 1.63. The first kappa shape index (κ1) is 11.8. The van der Waals surface area contributed by atoms with E-state index >= 15 is 0 Å². The number of aromatic carboxylic acids is 1.